The van der Waals surface area contributed by atoms with Gasteiger partial charge in [-0.25, -0.2) is 0 Å². The van der Waals surface area contributed by atoms with Crippen LogP contribution in [0.25, 0.3) is 0 Å². The van der Waals surface area contributed by atoms with Crippen LogP contribution in [0.1, 0.15) is 167 Å². The average Bonchev–Trinajstić information content (AvgIpc) is 3.22. The largest absolute Gasteiger partial charge is 0.314 e. The number of nitrogens with zero attached hydrogens (tertiary/aromatic N) is 3. The molecule has 0 aliphatic carbocycles. The molecule has 0 unspecified atom stereocenters. The summed E-state index contributed by atoms with van der Waals surface area (Å²) in [5.74, 6) is 2.21. The number of aryl methyl sites for hydroxylation is 2. The Morgan fingerprint density at radius 2 is 0.727 bits per heavy atom. The van der Waals surface area contributed by atoms with Crippen molar-refractivity contribution in [3.05, 3.63) is 11.6 Å². The SMILES string of the molecule is CCCCCCCCCCCCCc1nnc(CCCCCCCCCCCCC)n1CN. The molecule has 1 aromatic heterocycles. The first-order valence-electron chi connectivity index (χ1n) is 14.9. The van der Waals surface area contributed by atoms with E-state index in [0.29, 0.717) is 6.67 Å². The van der Waals surface area contributed by atoms with Crippen molar-refractivity contribution in [2.75, 3.05) is 0 Å². The van der Waals surface area contributed by atoms with Crippen molar-refractivity contribution in [2.45, 2.75) is 175 Å². The molecule has 0 radical (unpaired) electrons. The minimum atomic E-state index is 0.522. The molecule has 0 aromatic carbocycles. The lowest BCUT2D eigenvalue weighted by Crippen LogP contribution is -2.14. The lowest BCUT2D eigenvalue weighted by molar-refractivity contribution is 0.537. The van der Waals surface area contributed by atoms with Crippen molar-refractivity contribution >= 4 is 0 Å². The van der Waals surface area contributed by atoms with Crippen LogP contribution in [0.15, 0.2) is 0 Å². The fourth-order valence-corrected chi connectivity index (χ4v) is 4.85. The second-order valence-corrected chi connectivity index (χ2v) is 10.2. The molecular weight excluding hydrogens is 404 g/mol. The molecule has 0 saturated carbocycles. The van der Waals surface area contributed by atoms with Crippen LogP contribution >= 0.6 is 0 Å². The van der Waals surface area contributed by atoms with Gasteiger partial charge in [0.25, 0.3) is 0 Å². The topological polar surface area (TPSA) is 56.7 Å². The molecule has 1 heterocycles. The molecule has 4 nitrogen and oxygen atoms in total. The summed E-state index contributed by atoms with van der Waals surface area (Å²) in [5, 5.41) is 8.95. The maximum absolute atomic E-state index is 6.04. The highest BCUT2D eigenvalue weighted by Gasteiger charge is 2.10. The third-order valence-electron chi connectivity index (χ3n) is 7.09. The van der Waals surface area contributed by atoms with Gasteiger partial charge < -0.3 is 10.3 Å². The molecule has 2 N–H and O–H groups in total. The van der Waals surface area contributed by atoms with E-state index in [1.54, 1.807) is 0 Å². The predicted molar refractivity (Wildman–Crippen MR) is 145 cm³/mol. The molecule has 0 atom stereocenters. The van der Waals surface area contributed by atoms with Crippen LogP contribution < -0.4 is 5.73 Å². The number of unbranched alkanes of at least 4 members (excludes halogenated alkanes) is 20. The lowest BCUT2D eigenvalue weighted by Gasteiger charge is -2.08. The zero-order chi connectivity index (χ0) is 23.8. The van der Waals surface area contributed by atoms with Gasteiger partial charge in [0.05, 0.1) is 6.67 Å². The van der Waals surface area contributed by atoms with E-state index in [2.05, 4.69) is 28.6 Å². The van der Waals surface area contributed by atoms with Crippen molar-refractivity contribution in [1.82, 2.24) is 14.8 Å². The Bertz CT molecular complexity index is 482. The van der Waals surface area contributed by atoms with Gasteiger partial charge in [-0.3, -0.25) is 0 Å². The third kappa shape index (κ3) is 16.4. The summed E-state index contributed by atoms with van der Waals surface area (Å²) >= 11 is 0. The van der Waals surface area contributed by atoms with E-state index in [-0.39, 0.29) is 0 Å². The minimum absolute atomic E-state index is 0.522. The quantitative estimate of drug-likeness (QED) is 0.148. The van der Waals surface area contributed by atoms with E-state index in [4.69, 9.17) is 5.73 Å². The van der Waals surface area contributed by atoms with Gasteiger partial charge in [0, 0.05) is 12.8 Å². The predicted octanol–water partition coefficient (Wildman–Crippen LogP) is 8.90. The van der Waals surface area contributed by atoms with Crippen molar-refractivity contribution in [3.8, 4) is 0 Å². The van der Waals surface area contributed by atoms with Crippen LogP contribution in [-0.2, 0) is 19.5 Å². The Balaban J connectivity index is 2.03. The highest BCUT2D eigenvalue weighted by atomic mass is 15.3. The summed E-state index contributed by atoms with van der Waals surface area (Å²) in [4.78, 5) is 0. The van der Waals surface area contributed by atoms with Crippen LogP contribution in [0.3, 0.4) is 0 Å². The van der Waals surface area contributed by atoms with Crippen LogP contribution in [0, 0.1) is 0 Å². The minimum Gasteiger partial charge on any atom is -0.314 e. The molecule has 0 aliphatic rings. The van der Waals surface area contributed by atoms with E-state index in [1.165, 1.54) is 141 Å². The van der Waals surface area contributed by atoms with E-state index < -0.39 is 0 Å². The van der Waals surface area contributed by atoms with Gasteiger partial charge >= 0.3 is 0 Å². The first-order chi connectivity index (χ1) is 16.3. The Kier molecular flexibility index (Phi) is 20.9. The summed E-state index contributed by atoms with van der Waals surface area (Å²) in [7, 11) is 0. The molecule has 194 valence electrons. The number of aromatic nitrogens is 3. The molecule has 0 spiro atoms. The summed E-state index contributed by atoms with van der Waals surface area (Å²) in [6.07, 6.45) is 32.4. The van der Waals surface area contributed by atoms with E-state index in [0.717, 1.165) is 24.5 Å². The Labute approximate surface area is 206 Å². The molecule has 1 aromatic rings. The van der Waals surface area contributed by atoms with Gasteiger partial charge in [-0.05, 0) is 12.8 Å². The van der Waals surface area contributed by atoms with Gasteiger partial charge in [-0.1, -0.05) is 142 Å². The molecule has 4 heteroatoms. The Hall–Kier alpha value is -0.900. The summed E-state index contributed by atoms with van der Waals surface area (Å²) in [5.41, 5.74) is 6.04. The van der Waals surface area contributed by atoms with Crippen molar-refractivity contribution in [1.29, 1.82) is 0 Å². The fourth-order valence-electron chi connectivity index (χ4n) is 4.85. The zero-order valence-electron chi connectivity index (χ0n) is 22.6. The normalized spacial score (nSPS) is 11.5. The van der Waals surface area contributed by atoms with Crippen LogP contribution in [0.4, 0.5) is 0 Å². The maximum atomic E-state index is 6.04. The first kappa shape index (κ1) is 30.1. The average molecular weight is 463 g/mol. The molecule has 0 fully saturated rings. The maximum Gasteiger partial charge on any atom is 0.134 e. The van der Waals surface area contributed by atoms with Gasteiger partial charge in [0.15, 0.2) is 0 Å². The molecule has 0 aliphatic heterocycles. The summed E-state index contributed by atoms with van der Waals surface area (Å²) < 4.78 is 2.17. The van der Waals surface area contributed by atoms with E-state index in [1.807, 2.05) is 0 Å². The van der Waals surface area contributed by atoms with Crippen LogP contribution in [0.5, 0.6) is 0 Å². The van der Waals surface area contributed by atoms with E-state index >= 15 is 0 Å². The van der Waals surface area contributed by atoms with Gasteiger partial charge in [0.2, 0.25) is 0 Å². The summed E-state index contributed by atoms with van der Waals surface area (Å²) in [6.45, 7) is 5.10. The third-order valence-corrected chi connectivity index (χ3v) is 7.09. The number of hydrogen-bond acceptors (Lipinski definition) is 3. The highest BCUT2D eigenvalue weighted by Crippen LogP contribution is 2.15. The smallest absolute Gasteiger partial charge is 0.134 e. The molecule has 1 rings (SSSR count). The number of nitrogens with two attached hydrogens (primary N) is 1. The Morgan fingerprint density at radius 3 is 1.00 bits per heavy atom. The molecule has 33 heavy (non-hydrogen) atoms. The van der Waals surface area contributed by atoms with Crippen molar-refractivity contribution in [2.24, 2.45) is 5.73 Å². The van der Waals surface area contributed by atoms with Crippen LogP contribution in [0.2, 0.25) is 0 Å². The molecular formula is C29H58N4. The highest BCUT2D eigenvalue weighted by molar-refractivity contribution is 4.96. The number of rotatable bonds is 25. The number of hydrogen-bond donors (Lipinski definition) is 1. The fraction of sp³-hybridized carbons (Fsp3) is 0.931. The first-order valence-corrected chi connectivity index (χ1v) is 14.9. The Morgan fingerprint density at radius 1 is 0.455 bits per heavy atom. The molecule has 0 amide bonds. The monoisotopic (exact) mass is 462 g/mol. The molecule has 0 saturated heterocycles. The second-order valence-electron chi connectivity index (χ2n) is 10.2. The van der Waals surface area contributed by atoms with Crippen LogP contribution in [-0.4, -0.2) is 14.8 Å². The lowest BCUT2D eigenvalue weighted by atomic mass is 10.0. The van der Waals surface area contributed by atoms with Gasteiger partial charge in [-0.2, -0.15) is 0 Å². The van der Waals surface area contributed by atoms with Gasteiger partial charge in [-0.15, -0.1) is 10.2 Å². The summed E-state index contributed by atoms with van der Waals surface area (Å²) in [6, 6.07) is 0. The van der Waals surface area contributed by atoms with Crippen molar-refractivity contribution < 1.29 is 0 Å². The second kappa shape index (κ2) is 22.9. The van der Waals surface area contributed by atoms with Crippen molar-refractivity contribution in [3.63, 3.8) is 0 Å². The van der Waals surface area contributed by atoms with E-state index in [9.17, 15) is 0 Å². The van der Waals surface area contributed by atoms with Gasteiger partial charge in [0.1, 0.15) is 11.6 Å². The standard InChI is InChI=1S/C29H58N4/c1-3-5-7-9-11-13-15-17-19-21-23-25-28-31-32-29(33(28)27-30)26-24-22-20-18-16-14-12-10-8-6-4-2/h3-27,30H2,1-2H3. The zero-order valence-corrected chi connectivity index (χ0v) is 22.6. The molecule has 0 bridgehead atoms.